The molecule has 0 saturated carbocycles. The number of benzene rings is 1. The van der Waals surface area contributed by atoms with Gasteiger partial charge in [-0.05, 0) is 5.56 Å². The fourth-order valence-corrected chi connectivity index (χ4v) is 1.51. The molecule has 0 bridgehead atoms. The van der Waals surface area contributed by atoms with Gasteiger partial charge in [-0.25, -0.2) is 0 Å². The molecule has 6 heteroatoms. The van der Waals surface area contributed by atoms with E-state index in [9.17, 15) is 9.59 Å². The summed E-state index contributed by atoms with van der Waals surface area (Å²) in [5.41, 5.74) is 6.02. The molecule has 2 unspecified atom stereocenters. The first kappa shape index (κ1) is 12.9. The van der Waals surface area contributed by atoms with Crippen molar-refractivity contribution in [2.75, 3.05) is 0 Å². The number of ketones is 1. The Bertz CT molecular complexity index is 431. The van der Waals surface area contributed by atoms with Crippen molar-refractivity contribution in [3.63, 3.8) is 0 Å². The molecule has 0 heterocycles. The molecular formula is C11H13N3O3. The number of aliphatic carboxylic acids is 1. The molecule has 0 fully saturated rings. The second-order valence-electron chi connectivity index (χ2n) is 3.43. The highest BCUT2D eigenvalue weighted by molar-refractivity contribution is 6.30. The average molecular weight is 235 g/mol. The molecule has 0 amide bonds. The van der Waals surface area contributed by atoms with E-state index in [0.29, 0.717) is 5.56 Å². The van der Waals surface area contributed by atoms with Gasteiger partial charge in [0.15, 0.2) is 5.78 Å². The monoisotopic (exact) mass is 235 g/mol. The smallest absolute Gasteiger partial charge is 0.321 e. The number of carbonyl (C=O) groups excluding carboxylic acids is 1. The zero-order valence-corrected chi connectivity index (χ0v) is 8.98. The summed E-state index contributed by atoms with van der Waals surface area (Å²) in [6.07, 6.45) is 0.875. The van der Waals surface area contributed by atoms with Gasteiger partial charge in [-0.1, -0.05) is 30.3 Å². The van der Waals surface area contributed by atoms with Crippen molar-refractivity contribution in [1.29, 1.82) is 0 Å². The molecule has 0 aliphatic heterocycles. The minimum atomic E-state index is -1.33. The van der Waals surface area contributed by atoms with E-state index < -0.39 is 23.7 Å². The SMILES string of the molecule is NN=CC(=O)C(c1ccccc1)C(N)C(=O)O. The molecule has 0 aliphatic carbocycles. The maximum absolute atomic E-state index is 11.7. The predicted octanol–water partition coefficient (Wildman–Crippen LogP) is -0.304. The summed E-state index contributed by atoms with van der Waals surface area (Å²) in [6.45, 7) is 0. The lowest BCUT2D eigenvalue weighted by molar-refractivity contribution is -0.140. The normalized spacial score (nSPS) is 14.4. The summed E-state index contributed by atoms with van der Waals surface area (Å²) in [7, 11) is 0. The van der Waals surface area contributed by atoms with Crippen LogP contribution in [0.4, 0.5) is 0 Å². The van der Waals surface area contributed by atoms with Gasteiger partial charge in [-0.3, -0.25) is 9.59 Å². The van der Waals surface area contributed by atoms with Crippen molar-refractivity contribution in [2.24, 2.45) is 16.7 Å². The zero-order valence-electron chi connectivity index (χ0n) is 8.98. The number of hydrogen-bond donors (Lipinski definition) is 3. The molecule has 90 valence electrons. The Morgan fingerprint density at radius 3 is 2.35 bits per heavy atom. The molecule has 0 aliphatic rings. The number of carboxylic acids is 1. The molecule has 0 saturated heterocycles. The Hall–Kier alpha value is -2.21. The Labute approximate surface area is 97.9 Å². The maximum atomic E-state index is 11.7. The standard InChI is InChI=1S/C11H13N3O3/c12-10(11(16)17)9(8(15)6-14-13)7-4-2-1-3-5-7/h1-6,9-10H,12-13H2,(H,16,17). The third kappa shape index (κ3) is 3.12. The van der Waals surface area contributed by atoms with Crippen LogP contribution in [0, 0.1) is 0 Å². The number of rotatable bonds is 5. The van der Waals surface area contributed by atoms with E-state index in [1.807, 2.05) is 0 Å². The molecule has 1 rings (SSSR count). The van der Waals surface area contributed by atoms with Crippen LogP contribution in [-0.4, -0.2) is 29.1 Å². The zero-order chi connectivity index (χ0) is 12.8. The van der Waals surface area contributed by atoms with Crippen LogP contribution < -0.4 is 11.6 Å². The lowest BCUT2D eigenvalue weighted by atomic mass is 9.88. The number of nitrogens with zero attached hydrogens (tertiary/aromatic N) is 1. The predicted molar refractivity (Wildman–Crippen MR) is 62.5 cm³/mol. The highest BCUT2D eigenvalue weighted by Gasteiger charge is 2.31. The second-order valence-corrected chi connectivity index (χ2v) is 3.43. The van der Waals surface area contributed by atoms with Gasteiger partial charge in [0.1, 0.15) is 6.04 Å². The highest BCUT2D eigenvalue weighted by atomic mass is 16.4. The molecular weight excluding hydrogens is 222 g/mol. The fourth-order valence-electron chi connectivity index (χ4n) is 1.51. The highest BCUT2D eigenvalue weighted by Crippen LogP contribution is 2.19. The number of carboxylic acid groups (broad SMARTS) is 1. The van der Waals surface area contributed by atoms with Crippen LogP contribution in [0.1, 0.15) is 11.5 Å². The summed E-state index contributed by atoms with van der Waals surface area (Å²) in [5, 5.41) is 12.0. The van der Waals surface area contributed by atoms with E-state index in [1.54, 1.807) is 30.3 Å². The molecule has 0 radical (unpaired) electrons. The number of hydrogen-bond acceptors (Lipinski definition) is 5. The van der Waals surface area contributed by atoms with E-state index in [-0.39, 0.29) is 0 Å². The minimum Gasteiger partial charge on any atom is -0.480 e. The quantitative estimate of drug-likeness (QED) is 0.367. The third-order valence-corrected chi connectivity index (χ3v) is 2.31. The van der Waals surface area contributed by atoms with Gasteiger partial charge in [0.25, 0.3) is 0 Å². The number of nitrogens with two attached hydrogens (primary N) is 2. The first-order chi connectivity index (χ1) is 8.07. The van der Waals surface area contributed by atoms with Crippen LogP contribution in [-0.2, 0) is 9.59 Å². The Balaban J connectivity index is 3.11. The molecule has 17 heavy (non-hydrogen) atoms. The summed E-state index contributed by atoms with van der Waals surface area (Å²) in [4.78, 5) is 22.6. The van der Waals surface area contributed by atoms with Crippen molar-refractivity contribution >= 4 is 18.0 Å². The van der Waals surface area contributed by atoms with Crippen LogP contribution in [0.5, 0.6) is 0 Å². The lowest BCUT2D eigenvalue weighted by Crippen LogP contribution is -2.40. The van der Waals surface area contributed by atoms with E-state index in [4.69, 9.17) is 16.7 Å². The number of Topliss-reactive ketones (excluding diaryl/α,β-unsaturated/α-hetero) is 1. The van der Waals surface area contributed by atoms with Crippen molar-refractivity contribution in [3.05, 3.63) is 35.9 Å². The van der Waals surface area contributed by atoms with Crippen molar-refractivity contribution < 1.29 is 14.7 Å². The van der Waals surface area contributed by atoms with Gasteiger partial charge >= 0.3 is 5.97 Å². The van der Waals surface area contributed by atoms with Crippen LogP contribution in [0.3, 0.4) is 0 Å². The van der Waals surface area contributed by atoms with Crippen LogP contribution in [0.25, 0.3) is 0 Å². The number of carbonyl (C=O) groups is 2. The summed E-state index contributed by atoms with van der Waals surface area (Å²) >= 11 is 0. The topological polar surface area (TPSA) is 119 Å². The Kier molecular flexibility index (Phi) is 4.36. The molecule has 6 nitrogen and oxygen atoms in total. The first-order valence-electron chi connectivity index (χ1n) is 4.88. The minimum absolute atomic E-state index is 0.521. The van der Waals surface area contributed by atoms with Gasteiger partial charge in [0.2, 0.25) is 0 Å². The molecule has 0 spiro atoms. The van der Waals surface area contributed by atoms with Crippen molar-refractivity contribution in [2.45, 2.75) is 12.0 Å². The van der Waals surface area contributed by atoms with E-state index in [2.05, 4.69) is 5.10 Å². The maximum Gasteiger partial charge on any atom is 0.321 e. The summed E-state index contributed by atoms with van der Waals surface area (Å²) in [6, 6.07) is 7.09. The van der Waals surface area contributed by atoms with Gasteiger partial charge in [0, 0.05) is 0 Å². The summed E-state index contributed by atoms with van der Waals surface area (Å²) in [5.74, 6) is 2.11. The average Bonchev–Trinajstić information content (AvgIpc) is 2.31. The van der Waals surface area contributed by atoms with Gasteiger partial charge < -0.3 is 16.7 Å². The van der Waals surface area contributed by atoms with E-state index >= 15 is 0 Å². The lowest BCUT2D eigenvalue weighted by Gasteiger charge is -2.17. The molecule has 5 N–H and O–H groups in total. The first-order valence-corrected chi connectivity index (χ1v) is 4.88. The van der Waals surface area contributed by atoms with Gasteiger partial charge in [-0.15, -0.1) is 0 Å². The largest absolute Gasteiger partial charge is 0.480 e. The van der Waals surface area contributed by atoms with Crippen LogP contribution >= 0.6 is 0 Å². The molecule has 1 aromatic carbocycles. The Morgan fingerprint density at radius 1 is 1.29 bits per heavy atom. The van der Waals surface area contributed by atoms with E-state index in [0.717, 1.165) is 6.21 Å². The van der Waals surface area contributed by atoms with E-state index in [1.165, 1.54) is 0 Å². The Morgan fingerprint density at radius 2 is 1.88 bits per heavy atom. The molecule has 2 atom stereocenters. The molecule has 0 aromatic heterocycles. The molecule has 1 aromatic rings. The van der Waals surface area contributed by atoms with Gasteiger partial charge in [-0.2, -0.15) is 5.10 Å². The summed E-state index contributed by atoms with van der Waals surface area (Å²) < 4.78 is 0. The van der Waals surface area contributed by atoms with Crippen molar-refractivity contribution in [1.82, 2.24) is 0 Å². The third-order valence-electron chi connectivity index (χ3n) is 2.31. The fraction of sp³-hybridized carbons (Fsp3) is 0.182. The van der Waals surface area contributed by atoms with Gasteiger partial charge in [0.05, 0.1) is 12.1 Å². The second kappa shape index (κ2) is 5.76. The van der Waals surface area contributed by atoms with Crippen LogP contribution in [0.2, 0.25) is 0 Å². The van der Waals surface area contributed by atoms with Crippen LogP contribution in [0.15, 0.2) is 35.4 Å². The number of hydrazone groups is 1. The van der Waals surface area contributed by atoms with Crippen molar-refractivity contribution in [3.8, 4) is 0 Å².